The molecule has 4 N–H and O–H groups in total. The molecule has 0 radical (unpaired) electrons. The van der Waals surface area contributed by atoms with E-state index in [-0.39, 0.29) is 70.9 Å². The molecule has 12 aromatic carbocycles. The van der Waals surface area contributed by atoms with E-state index in [0.29, 0.717) is 26.2 Å². The Labute approximate surface area is 818 Å². The number of hydrogen-bond donors (Lipinski definition) is 4. The Balaban J connectivity index is 0.000000209. The van der Waals surface area contributed by atoms with Crippen LogP contribution < -0.4 is 37.9 Å². The van der Waals surface area contributed by atoms with Gasteiger partial charge in [-0.25, -0.2) is 38.4 Å². The lowest BCUT2D eigenvalue weighted by Gasteiger charge is -2.22. The van der Waals surface area contributed by atoms with Gasteiger partial charge in [-0.3, -0.25) is 0 Å². The van der Waals surface area contributed by atoms with Crippen LogP contribution in [0, 0.1) is 0 Å². The fourth-order valence-corrected chi connectivity index (χ4v) is 14.5. The van der Waals surface area contributed by atoms with Gasteiger partial charge in [0.25, 0.3) is 0 Å². The SMILES string of the molecule is COc1ccc(CCc2ccccc2OCC(CN(C)C)OC(=O)c2cccc(C(=O)O)c2)cc1.COc1ccc(CCc2ccccc2OCC(CN(C)C)OC(=O)c2cccc(C(=O)O)c2)cc1.COc1ccc(CCc2ccccc2OC[C@@H](CN(C)C)OC(=O)c2cccc(C(=O)O)c2)cc1.COc1ccc(CCc2ccccc2OC[C@H](CN(C)C)OC(=O)c2cccc(C(=O)O)c2)cc1. The predicted octanol–water partition coefficient (Wildman–Crippen LogP) is 17.4. The Bertz CT molecular complexity index is 5230. The van der Waals surface area contributed by atoms with Gasteiger partial charge in [0.15, 0.2) is 0 Å². The largest absolute Gasteiger partial charge is 0.497 e. The molecule has 0 fully saturated rings. The molecule has 4 atom stereocenters. The molecule has 736 valence electrons. The van der Waals surface area contributed by atoms with Crippen molar-refractivity contribution >= 4 is 47.8 Å². The Morgan fingerprint density at radius 2 is 0.407 bits per heavy atom. The maximum absolute atomic E-state index is 12.7. The van der Waals surface area contributed by atoms with Crippen molar-refractivity contribution in [1.82, 2.24) is 19.6 Å². The number of carboxylic acid groups (broad SMARTS) is 4. The number of hydrogen-bond acceptors (Lipinski definition) is 24. The van der Waals surface area contributed by atoms with Gasteiger partial charge >= 0.3 is 47.8 Å². The van der Waals surface area contributed by atoms with Crippen LogP contribution in [0.25, 0.3) is 0 Å². The summed E-state index contributed by atoms with van der Waals surface area (Å²) >= 11 is 0. The minimum atomic E-state index is -1.10. The lowest BCUT2D eigenvalue weighted by atomic mass is 10.0. The van der Waals surface area contributed by atoms with Crippen molar-refractivity contribution in [2.45, 2.75) is 75.8 Å². The van der Waals surface area contributed by atoms with Gasteiger partial charge in [0.2, 0.25) is 0 Å². The molecule has 12 aromatic rings. The second-order valence-corrected chi connectivity index (χ2v) is 33.8. The monoisotopic (exact) mass is 1910 g/mol. The Kier molecular flexibility index (Phi) is 44.1. The van der Waals surface area contributed by atoms with Crippen LogP contribution in [0.2, 0.25) is 0 Å². The molecule has 0 aromatic heterocycles. The number of ether oxygens (including phenoxy) is 12. The van der Waals surface area contributed by atoms with Crippen molar-refractivity contribution in [2.75, 3.05) is 137 Å². The number of carbonyl (C=O) groups excluding carboxylic acids is 4. The van der Waals surface area contributed by atoms with Crippen LogP contribution in [0.3, 0.4) is 0 Å². The van der Waals surface area contributed by atoms with Crippen LogP contribution in [0.4, 0.5) is 0 Å². The molecule has 12 rings (SSSR count). The zero-order valence-electron chi connectivity index (χ0n) is 81.1. The first kappa shape index (κ1) is 108. The second-order valence-electron chi connectivity index (χ2n) is 33.8. The molecule has 28 nitrogen and oxygen atoms in total. The smallest absolute Gasteiger partial charge is 0.338 e. The van der Waals surface area contributed by atoms with Gasteiger partial charge in [-0.1, -0.05) is 146 Å². The first-order valence-electron chi connectivity index (χ1n) is 45.5. The number of esters is 4. The number of aromatic carboxylic acids is 4. The van der Waals surface area contributed by atoms with E-state index < -0.39 is 72.2 Å². The highest BCUT2D eigenvalue weighted by Gasteiger charge is 2.26. The van der Waals surface area contributed by atoms with Gasteiger partial charge in [-0.15, -0.1) is 0 Å². The molecule has 0 heterocycles. The molecule has 0 saturated carbocycles. The van der Waals surface area contributed by atoms with Gasteiger partial charge in [0.1, 0.15) is 96.8 Å². The fourth-order valence-electron chi connectivity index (χ4n) is 14.5. The number of nitrogens with zero attached hydrogens (tertiary/aromatic N) is 4. The molecular weight excluding hydrogens is 1790 g/mol. The Morgan fingerprint density at radius 3 is 0.579 bits per heavy atom. The summed E-state index contributed by atoms with van der Waals surface area (Å²) in [4.78, 5) is 103. The van der Waals surface area contributed by atoms with Gasteiger partial charge in [0.05, 0.1) is 72.9 Å². The Morgan fingerprint density at radius 1 is 0.229 bits per heavy atom. The van der Waals surface area contributed by atoms with Crippen molar-refractivity contribution in [2.24, 2.45) is 0 Å². The summed E-state index contributed by atoms with van der Waals surface area (Å²) in [7, 11) is 21.7. The van der Waals surface area contributed by atoms with E-state index in [9.17, 15) is 58.8 Å². The maximum Gasteiger partial charge on any atom is 0.338 e. The molecule has 140 heavy (non-hydrogen) atoms. The zero-order chi connectivity index (χ0) is 101. The molecule has 0 bridgehead atoms. The number of rotatable bonds is 48. The van der Waals surface area contributed by atoms with Gasteiger partial charge in [-0.2, -0.15) is 0 Å². The number of methoxy groups -OCH3 is 4. The van der Waals surface area contributed by atoms with Crippen molar-refractivity contribution in [3.8, 4) is 46.0 Å². The maximum atomic E-state index is 12.7. The van der Waals surface area contributed by atoms with Crippen LogP contribution in [0.1, 0.15) is 127 Å². The highest BCUT2D eigenvalue weighted by atomic mass is 16.6. The van der Waals surface area contributed by atoms with E-state index in [4.69, 9.17) is 56.8 Å². The fraction of sp³-hybridized carbons (Fsp3) is 0.286. The van der Waals surface area contributed by atoms with E-state index >= 15 is 0 Å². The molecule has 0 aliphatic carbocycles. The summed E-state index contributed by atoms with van der Waals surface area (Å²) in [6.45, 7) is 2.50. The highest BCUT2D eigenvalue weighted by Crippen LogP contribution is 2.29. The van der Waals surface area contributed by atoms with E-state index in [2.05, 4.69) is 0 Å². The normalized spacial score (nSPS) is 11.7. The first-order chi connectivity index (χ1) is 67.4. The summed E-state index contributed by atoms with van der Waals surface area (Å²) in [6, 6.07) is 86.5. The predicted molar refractivity (Wildman–Crippen MR) is 534 cm³/mol. The third-order valence-corrected chi connectivity index (χ3v) is 21.7. The number of para-hydroxylation sites is 4. The average molecular weight is 1910 g/mol. The number of carbonyl (C=O) groups is 8. The summed E-state index contributed by atoms with van der Waals surface area (Å²) in [5, 5.41) is 36.7. The molecule has 0 aliphatic heterocycles. The Hall–Kier alpha value is -15.4. The quantitative estimate of drug-likeness (QED) is 0.0203. The number of likely N-dealkylation sites (N-methyl/N-ethyl adjacent to an activating group) is 4. The summed E-state index contributed by atoms with van der Waals surface area (Å²) < 4.78 is 68.0. The minimum absolute atomic E-state index is 0.0330. The number of benzene rings is 12. The van der Waals surface area contributed by atoms with Crippen LogP contribution in [-0.4, -0.2) is 250 Å². The number of aryl methyl sites for hydroxylation is 8. The first-order valence-corrected chi connectivity index (χ1v) is 45.5. The summed E-state index contributed by atoms with van der Waals surface area (Å²) in [6.07, 6.45) is 4.40. The zero-order valence-corrected chi connectivity index (χ0v) is 81.1. The van der Waals surface area contributed by atoms with Crippen LogP contribution in [-0.2, 0) is 70.3 Å². The van der Waals surface area contributed by atoms with Crippen molar-refractivity contribution < 1.29 is 116 Å². The third-order valence-electron chi connectivity index (χ3n) is 21.7. The van der Waals surface area contributed by atoms with Crippen LogP contribution in [0.5, 0.6) is 46.0 Å². The van der Waals surface area contributed by atoms with Gasteiger partial charge in [0, 0.05) is 26.2 Å². The summed E-state index contributed by atoms with van der Waals surface area (Å²) in [5.41, 5.74) is 9.93. The van der Waals surface area contributed by atoms with Crippen molar-refractivity contribution in [3.63, 3.8) is 0 Å². The molecular formula is C112H124N4O24. The molecule has 28 heteroatoms. The molecule has 2 unspecified atom stereocenters. The summed E-state index contributed by atoms with van der Waals surface area (Å²) in [5.74, 6) is -0.453. The van der Waals surface area contributed by atoms with Crippen molar-refractivity contribution in [3.05, 3.63) is 380 Å². The standard InChI is InChI=1S/4C28H31NO6/c4*1-29(2)18-25(35-28(32)23-9-6-8-22(17-23)27(30)31)19-34-26-10-5-4-7-21(26)14-11-20-12-15-24(33-3)16-13-20/h4*4-10,12-13,15-17,25H,11,14,18-19H2,1-3H3,(H,30,31)/t2*25-;;/m10../s1. The lowest BCUT2D eigenvalue weighted by Crippen LogP contribution is -2.35. The van der Waals surface area contributed by atoms with Crippen LogP contribution in [0.15, 0.2) is 291 Å². The van der Waals surface area contributed by atoms with E-state index in [1.165, 1.54) is 119 Å². The van der Waals surface area contributed by atoms with Crippen molar-refractivity contribution in [1.29, 1.82) is 0 Å². The lowest BCUT2D eigenvalue weighted by molar-refractivity contribution is 0.00957. The third kappa shape index (κ3) is 37.3. The van der Waals surface area contributed by atoms with Crippen LogP contribution >= 0.6 is 0 Å². The second kappa shape index (κ2) is 57.0. The minimum Gasteiger partial charge on any atom is -0.497 e. The molecule has 0 spiro atoms. The topological polar surface area (TPSA) is 341 Å². The van der Waals surface area contributed by atoms with E-state index in [0.717, 1.165) is 120 Å². The molecule has 0 amide bonds. The highest BCUT2D eigenvalue weighted by molar-refractivity contribution is 5.97. The molecule has 0 aliphatic rings. The van der Waals surface area contributed by atoms with E-state index in [1.807, 2.05) is 270 Å². The van der Waals surface area contributed by atoms with Gasteiger partial charge < -0.3 is 96.9 Å². The van der Waals surface area contributed by atoms with Gasteiger partial charge in [-0.05, 0) is 298 Å². The number of carboxylic acids is 4. The molecule has 0 saturated heterocycles. The van der Waals surface area contributed by atoms with E-state index in [1.54, 1.807) is 28.4 Å². The average Bonchev–Trinajstić information content (AvgIpc) is 0.858.